The topological polar surface area (TPSA) is 73.9 Å². The van der Waals surface area contributed by atoms with E-state index in [-0.39, 0.29) is 6.42 Å². The van der Waals surface area contributed by atoms with Crippen LogP contribution in [0.3, 0.4) is 0 Å². The van der Waals surface area contributed by atoms with Crippen molar-refractivity contribution in [1.82, 2.24) is 5.32 Å². The Labute approximate surface area is 188 Å². The number of rotatable bonds is 10. The van der Waals surface area contributed by atoms with Gasteiger partial charge in [-0.1, -0.05) is 72.8 Å². The summed E-state index contributed by atoms with van der Waals surface area (Å²) in [6, 6.07) is 25.6. The number of methoxy groups -OCH3 is 2. The maximum Gasteiger partial charge on any atom is 0.328 e. The van der Waals surface area contributed by atoms with Crippen LogP contribution in [0.15, 0.2) is 84.9 Å². The Morgan fingerprint density at radius 1 is 0.812 bits per heavy atom. The zero-order valence-electron chi connectivity index (χ0n) is 18.2. The average Bonchev–Trinajstić information content (AvgIpc) is 2.84. The second kappa shape index (κ2) is 11.7. The zero-order valence-corrected chi connectivity index (χ0v) is 18.2. The van der Waals surface area contributed by atoms with Crippen molar-refractivity contribution >= 4 is 11.9 Å². The highest BCUT2D eigenvalue weighted by Gasteiger charge is 2.27. The molecule has 32 heavy (non-hydrogen) atoms. The quantitative estimate of drug-likeness (QED) is 0.492. The molecule has 1 N–H and O–H groups in total. The Hall–Kier alpha value is -3.64. The molecule has 0 saturated carbocycles. The molecule has 0 aliphatic rings. The van der Waals surface area contributed by atoms with Crippen LogP contribution in [0.2, 0.25) is 0 Å². The lowest BCUT2D eigenvalue weighted by Gasteiger charge is -2.21. The first-order valence-corrected chi connectivity index (χ1v) is 10.3. The lowest BCUT2D eigenvalue weighted by atomic mass is 10.0. The average molecular weight is 434 g/mol. The van der Waals surface area contributed by atoms with Gasteiger partial charge in [-0.3, -0.25) is 4.79 Å². The van der Waals surface area contributed by atoms with Gasteiger partial charge in [-0.15, -0.1) is 0 Å². The second-order valence-electron chi connectivity index (χ2n) is 7.23. The first-order chi connectivity index (χ1) is 15.6. The molecule has 3 aromatic carbocycles. The predicted octanol–water partition coefficient (Wildman–Crippen LogP) is 3.85. The van der Waals surface area contributed by atoms with E-state index in [1.165, 1.54) is 14.2 Å². The Morgan fingerprint density at radius 3 is 2.03 bits per heavy atom. The van der Waals surface area contributed by atoms with Gasteiger partial charge in [-0.05, 0) is 28.8 Å². The summed E-state index contributed by atoms with van der Waals surface area (Å²) in [5, 5.41) is 2.76. The minimum absolute atomic E-state index is 0.280. The minimum atomic E-state index is -0.843. The zero-order chi connectivity index (χ0) is 22.8. The van der Waals surface area contributed by atoms with Crippen LogP contribution in [-0.4, -0.2) is 32.1 Å². The lowest BCUT2D eigenvalue weighted by Crippen LogP contribution is -2.45. The largest absolute Gasteiger partial charge is 0.489 e. The van der Waals surface area contributed by atoms with E-state index in [1.54, 1.807) is 12.1 Å². The summed E-state index contributed by atoms with van der Waals surface area (Å²) in [7, 11) is 2.76. The van der Waals surface area contributed by atoms with Gasteiger partial charge in [0, 0.05) is 13.5 Å². The summed E-state index contributed by atoms with van der Waals surface area (Å²) in [5.74, 6) is -0.206. The number of ether oxygens (including phenoxy) is 3. The fourth-order valence-electron chi connectivity index (χ4n) is 3.30. The van der Waals surface area contributed by atoms with Crippen LogP contribution in [0, 0.1) is 0 Å². The molecular formula is C26H27NO5. The summed E-state index contributed by atoms with van der Waals surface area (Å²) in [6.45, 7) is 0.471. The molecule has 0 saturated heterocycles. The number of carbonyl (C=O) groups is 2. The number of hydrogen-bond donors (Lipinski definition) is 1. The molecule has 0 aliphatic heterocycles. The Balaban J connectivity index is 1.63. The molecule has 0 fully saturated rings. The maximum absolute atomic E-state index is 12.8. The van der Waals surface area contributed by atoms with Gasteiger partial charge in [0.05, 0.1) is 7.11 Å². The molecule has 1 amide bonds. The van der Waals surface area contributed by atoms with Crippen molar-refractivity contribution in [3.05, 3.63) is 102 Å². The molecule has 0 radical (unpaired) electrons. The monoisotopic (exact) mass is 433 g/mol. The van der Waals surface area contributed by atoms with Gasteiger partial charge in [0.2, 0.25) is 0 Å². The van der Waals surface area contributed by atoms with E-state index < -0.39 is 24.0 Å². The standard InChI is InChI=1S/C26H27NO5/c1-30-24(21-11-7-4-8-12-21)25(28)27-23(26(29)31-2)17-19-13-15-22(16-14-19)32-18-20-9-5-3-6-10-20/h3-16,23-24H,17-18H2,1-2H3,(H,27,28)/t23-,24+/m1/s1. The van der Waals surface area contributed by atoms with Crippen LogP contribution in [0.1, 0.15) is 22.8 Å². The van der Waals surface area contributed by atoms with E-state index >= 15 is 0 Å². The van der Waals surface area contributed by atoms with Crippen molar-refractivity contribution in [1.29, 1.82) is 0 Å². The van der Waals surface area contributed by atoms with Crippen molar-refractivity contribution in [2.75, 3.05) is 14.2 Å². The van der Waals surface area contributed by atoms with Gasteiger partial charge in [0.25, 0.3) is 5.91 Å². The van der Waals surface area contributed by atoms with Gasteiger partial charge >= 0.3 is 5.97 Å². The van der Waals surface area contributed by atoms with E-state index in [0.29, 0.717) is 12.2 Å². The van der Waals surface area contributed by atoms with Crippen LogP contribution < -0.4 is 10.1 Å². The molecule has 0 heterocycles. The third-order valence-electron chi connectivity index (χ3n) is 4.99. The van der Waals surface area contributed by atoms with Gasteiger partial charge in [0.15, 0.2) is 6.10 Å². The van der Waals surface area contributed by atoms with E-state index in [9.17, 15) is 9.59 Å². The summed E-state index contributed by atoms with van der Waals surface area (Å²) < 4.78 is 16.1. The summed E-state index contributed by atoms with van der Waals surface area (Å²) in [5.41, 5.74) is 2.65. The molecule has 6 nitrogen and oxygen atoms in total. The van der Waals surface area contributed by atoms with Crippen molar-refractivity contribution in [2.45, 2.75) is 25.2 Å². The molecule has 0 spiro atoms. The number of amides is 1. The first-order valence-electron chi connectivity index (χ1n) is 10.3. The van der Waals surface area contributed by atoms with Crippen LogP contribution >= 0.6 is 0 Å². The van der Waals surface area contributed by atoms with Gasteiger partial charge in [-0.25, -0.2) is 4.79 Å². The molecule has 0 unspecified atom stereocenters. The van der Waals surface area contributed by atoms with E-state index in [2.05, 4.69) is 5.32 Å². The summed E-state index contributed by atoms with van der Waals surface area (Å²) in [6.07, 6.45) is -0.542. The van der Waals surface area contributed by atoms with Gasteiger partial charge < -0.3 is 19.5 Å². The Kier molecular flexibility index (Phi) is 8.40. The molecular weight excluding hydrogens is 406 g/mol. The number of benzene rings is 3. The highest BCUT2D eigenvalue weighted by atomic mass is 16.5. The molecule has 2 atom stereocenters. The lowest BCUT2D eigenvalue weighted by molar-refractivity contribution is -0.146. The van der Waals surface area contributed by atoms with Crippen molar-refractivity contribution in [3.8, 4) is 5.75 Å². The molecule has 0 bridgehead atoms. The third kappa shape index (κ3) is 6.43. The van der Waals surface area contributed by atoms with Crippen molar-refractivity contribution < 1.29 is 23.8 Å². The number of esters is 1. The third-order valence-corrected chi connectivity index (χ3v) is 4.99. The Bertz CT molecular complexity index is 990. The SMILES string of the molecule is COC(=O)[C@@H](Cc1ccc(OCc2ccccc2)cc1)NC(=O)[C@@H](OC)c1ccccc1. The fourth-order valence-corrected chi connectivity index (χ4v) is 3.30. The van der Waals surface area contributed by atoms with Crippen LogP contribution in [0.4, 0.5) is 0 Å². The van der Waals surface area contributed by atoms with Gasteiger partial charge in [0.1, 0.15) is 18.4 Å². The number of carbonyl (C=O) groups excluding carboxylic acids is 2. The molecule has 0 aliphatic carbocycles. The van der Waals surface area contributed by atoms with Crippen LogP contribution in [-0.2, 0) is 32.1 Å². The highest BCUT2D eigenvalue weighted by molar-refractivity contribution is 5.87. The van der Waals surface area contributed by atoms with E-state index in [1.807, 2.05) is 72.8 Å². The molecule has 166 valence electrons. The van der Waals surface area contributed by atoms with Gasteiger partial charge in [-0.2, -0.15) is 0 Å². The maximum atomic E-state index is 12.8. The van der Waals surface area contributed by atoms with Crippen molar-refractivity contribution in [3.63, 3.8) is 0 Å². The molecule has 3 aromatic rings. The second-order valence-corrected chi connectivity index (χ2v) is 7.23. The first kappa shape index (κ1) is 23.0. The summed E-state index contributed by atoms with van der Waals surface area (Å²) >= 11 is 0. The van der Waals surface area contributed by atoms with Crippen molar-refractivity contribution in [2.24, 2.45) is 0 Å². The molecule has 3 rings (SSSR count). The highest BCUT2D eigenvalue weighted by Crippen LogP contribution is 2.18. The van der Waals surface area contributed by atoms with Crippen LogP contribution in [0.25, 0.3) is 0 Å². The number of hydrogen-bond acceptors (Lipinski definition) is 5. The number of nitrogens with one attached hydrogen (secondary N) is 1. The van der Waals surface area contributed by atoms with E-state index in [0.717, 1.165) is 16.9 Å². The minimum Gasteiger partial charge on any atom is -0.489 e. The van der Waals surface area contributed by atoms with E-state index in [4.69, 9.17) is 14.2 Å². The normalized spacial score (nSPS) is 12.4. The Morgan fingerprint density at radius 2 is 1.44 bits per heavy atom. The smallest absolute Gasteiger partial charge is 0.328 e. The van der Waals surface area contributed by atoms with Crippen LogP contribution in [0.5, 0.6) is 5.75 Å². The predicted molar refractivity (Wildman–Crippen MR) is 121 cm³/mol. The summed E-state index contributed by atoms with van der Waals surface area (Å²) in [4.78, 5) is 25.1. The fraction of sp³-hybridized carbons (Fsp3) is 0.231. The molecule has 0 aromatic heterocycles. The molecule has 6 heteroatoms.